The number of benzene rings is 1. The summed E-state index contributed by atoms with van der Waals surface area (Å²) < 4.78 is 15.7. The first-order chi connectivity index (χ1) is 16.9. The van der Waals surface area contributed by atoms with Crippen molar-refractivity contribution in [1.82, 2.24) is 25.0 Å². The van der Waals surface area contributed by atoms with Gasteiger partial charge in [-0.1, -0.05) is 57.4 Å². The fourth-order valence-corrected chi connectivity index (χ4v) is 3.86. The standard InChI is InChI=1S/C27H26FN5.C2H6/c1-6-9-22(19-10-8-11-21(28)13-19)23-14-26(30-18(23)4)27-24(25(7-2)31-32-27)12-17(3)20-15-29-33(5)16-20;1-2/h6-16,30-31H,1,3H2,2,4-5H3;1-2H3/b22-9-,24-12+,25-7+;. The van der Waals surface area contributed by atoms with Crippen LogP contribution >= 0.6 is 0 Å². The third-order valence-electron chi connectivity index (χ3n) is 5.50. The Bertz CT molecular complexity index is 1490. The van der Waals surface area contributed by atoms with Gasteiger partial charge in [0.2, 0.25) is 0 Å². The van der Waals surface area contributed by atoms with Crippen molar-refractivity contribution in [3.63, 3.8) is 0 Å². The van der Waals surface area contributed by atoms with Crippen molar-refractivity contribution in [3.05, 3.63) is 107 Å². The first-order valence-corrected chi connectivity index (χ1v) is 11.6. The summed E-state index contributed by atoms with van der Waals surface area (Å²) >= 11 is 0. The molecule has 35 heavy (non-hydrogen) atoms. The summed E-state index contributed by atoms with van der Waals surface area (Å²) in [6.07, 6.45) is 11.3. The lowest BCUT2D eigenvalue weighted by Gasteiger charge is -2.07. The SMILES string of the molecule is C=C/C=C(/c1cccc(F)c1)c1cc(-c2n[nH]c(=C/C)/c2=C\C(=C)c2cnn(C)c2)[nH]c1C.CC. The topological polar surface area (TPSA) is 62.3 Å². The highest BCUT2D eigenvalue weighted by molar-refractivity contribution is 5.88. The van der Waals surface area contributed by atoms with Crippen LogP contribution in [0.25, 0.3) is 34.7 Å². The van der Waals surface area contributed by atoms with Crippen molar-refractivity contribution < 1.29 is 4.39 Å². The van der Waals surface area contributed by atoms with Crippen molar-refractivity contribution in [2.45, 2.75) is 27.7 Å². The van der Waals surface area contributed by atoms with Gasteiger partial charge in [0.15, 0.2) is 0 Å². The van der Waals surface area contributed by atoms with E-state index in [9.17, 15) is 4.39 Å². The van der Waals surface area contributed by atoms with Crippen molar-refractivity contribution in [2.75, 3.05) is 0 Å². The van der Waals surface area contributed by atoms with Gasteiger partial charge < -0.3 is 4.98 Å². The van der Waals surface area contributed by atoms with Crippen LogP contribution < -0.4 is 10.6 Å². The lowest BCUT2D eigenvalue weighted by molar-refractivity contribution is 0.627. The molecule has 5 nitrogen and oxygen atoms in total. The van der Waals surface area contributed by atoms with Gasteiger partial charge in [0.05, 0.1) is 17.2 Å². The van der Waals surface area contributed by atoms with Crippen molar-refractivity contribution in [3.8, 4) is 11.4 Å². The molecule has 0 fully saturated rings. The number of allylic oxidation sites excluding steroid dienone is 3. The minimum atomic E-state index is -0.280. The van der Waals surface area contributed by atoms with E-state index in [1.54, 1.807) is 23.0 Å². The van der Waals surface area contributed by atoms with Crippen molar-refractivity contribution in [2.24, 2.45) is 7.05 Å². The number of nitrogens with one attached hydrogen (secondary N) is 2. The second-order valence-electron chi connectivity index (χ2n) is 7.81. The quantitative estimate of drug-likeness (QED) is 0.365. The number of hydrogen-bond donors (Lipinski definition) is 2. The van der Waals surface area contributed by atoms with E-state index in [0.29, 0.717) is 0 Å². The van der Waals surface area contributed by atoms with E-state index in [-0.39, 0.29) is 5.82 Å². The number of aromatic nitrogens is 5. The number of hydrogen-bond acceptors (Lipinski definition) is 2. The van der Waals surface area contributed by atoms with Crippen LogP contribution in [0.5, 0.6) is 0 Å². The Morgan fingerprint density at radius 2 is 1.94 bits per heavy atom. The van der Waals surface area contributed by atoms with Crippen LogP contribution in [0.4, 0.5) is 4.39 Å². The van der Waals surface area contributed by atoms with Crippen LogP contribution in [0.2, 0.25) is 0 Å². The fourth-order valence-electron chi connectivity index (χ4n) is 3.86. The molecule has 4 rings (SSSR count). The van der Waals surface area contributed by atoms with Crippen LogP contribution in [0.1, 0.15) is 43.2 Å². The zero-order valence-electron chi connectivity index (χ0n) is 21.0. The lowest BCUT2D eigenvalue weighted by Crippen LogP contribution is -2.23. The Labute approximate surface area is 205 Å². The van der Waals surface area contributed by atoms with Crippen LogP contribution in [-0.2, 0) is 7.05 Å². The van der Waals surface area contributed by atoms with Gasteiger partial charge in [-0.25, -0.2) is 4.39 Å². The van der Waals surface area contributed by atoms with E-state index in [4.69, 9.17) is 0 Å². The first-order valence-electron chi connectivity index (χ1n) is 11.6. The minimum absolute atomic E-state index is 0.280. The molecule has 0 aliphatic heterocycles. The maximum atomic E-state index is 13.9. The molecule has 0 saturated carbocycles. The molecule has 0 spiro atoms. The Morgan fingerprint density at radius 3 is 2.57 bits per heavy atom. The smallest absolute Gasteiger partial charge is 0.123 e. The number of halogens is 1. The van der Waals surface area contributed by atoms with Crippen LogP contribution in [0.15, 0.2) is 68.0 Å². The lowest BCUT2D eigenvalue weighted by atomic mass is 9.97. The molecule has 0 aliphatic rings. The van der Waals surface area contributed by atoms with Gasteiger partial charge in [-0.2, -0.15) is 10.2 Å². The Morgan fingerprint density at radius 1 is 1.17 bits per heavy atom. The molecule has 3 aromatic heterocycles. The van der Waals surface area contributed by atoms with Crippen LogP contribution in [0.3, 0.4) is 0 Å². The van der Waals surface area contributed by atoms with E-state index in [1.165, 1.54) is 12.1 Å². The van der Waals surface area contributed by atoms with E-state index in [2.05, 4.69) is 33.4 Å². The number of aryl methyl sites for hydroxylation is 2. The monoisotopic (exact) mass is 469 g/mol. The van der Waals surface area contributed by atoms with E-state index < -0.39 is 0 Å². The van der Waals surface area contributed by atoms with E-state index >= 15 is 0 Å². The maximum absolute atomic E-state index is 13.9. The van der Waals surface area contributed by atoms with Crippen LogP contribution in [0, 0.1) is 12.7 Å². The van der Waals surface area contributed by atoms with Gasteiger partial charge in [-0.15, -0.1) is 0 Å². The molecule has 0 bridgehead atoms. The average molecular weight is 470 g/mol. The molecule has 0 saturated heterocycles. The molecule has 0 radical (unpaired) electrons. The Kier molecular flexibility index (Phi) is 8.21. The van der Waals surface area contributed by atoms with E-state index in [0.717, 1.165) is 55.5 Å². The van der Waals surface area contributed by atoms with Gasteiger partial charge in [-0.3, -0.25) is 9.78 Å². The normalized spacial score (nSPS) is 12.5. The summed E-state index contributed by atoms with van der Waals surface area (Å²) in [5.41, 5.74) is 6.98. The molecule has 180 valence electrons. The molecule has 0 unspecified atom stereocenters. The summed E-state index contributed by atoms with van der Waals surface area (Å²) in [7, 11) is 1.88. The zero-order valence-corrected chi connectivity index (χ0v) is 21.0. The summed E-state index contributed by atoms with van der Waals surface area (Å²) in [6.45, 7) is 16.0. The van der Waals surface area contributed by atoms with Gasteiger partial charge in [0.25, 0.3) is 0 Å². The highest BCUT2D eigenvalue weighted by Gasteiger charge is 2.15. The number of aromatic amines is 2. The molecule has 3 heterocycles. The van der Waals surface area contributed by atoms with Gasteiger partial charge in [-0.05, 0) is 54.8 Å². The van der Waals surface area contributed by atoms with Gasteiger partial charge >= 0.3 is 0 Å². The molecular formula is C29H32FN5. The van der Waals surface area contributed by atoms with E-state index in [1.807, 2.05) is 71.3 Å². The molecule has 2 N–H and O–H groups in total. The molecule has 6 heteroatoms. The highest BCUT2D eigenvalue weighted by Crippen LogP contribution is 2.30. The third kappa shape index (κ3) is 5.49. The molecule has 0 amide bonds. The largest absolute Gasteiger partial charge is 0.357 e. The molecule has 1 aromatic carbocycles. The predicted octanol–water partition coefficient (Wildman–Crippen LogP) is 5.52. The summed E-state index contributed by atoms with van der Waals surface area (Å²) in [4.78, 5) is 3.45. The summed E-state index contributed by atoms with van der Waals surface area (Å²) in [5, 5.41) is 13.7. The van der Waals surface area contributed by atoms with Gasteiger partial charge in [0.1, 0.15) is 11.5 Å². The molecular weight excluding hydrogens is 437 g/mol. The maximum Gasteiger partial charge on any atom is 0.123 e. The van der Waals surface area contributed by atoms with Crippen molar-refractivity contribution >= 4 is 23.3 Å². The third-order valence-corrected chi connectivity index (χ3v) is 5.50. The predicted molar refractivity (Wildman–Crippen MR) is 144 cm³/mol. The summed E-state index contributed by atoms with van der Waals surface area (Å²) in [5.74, 6) is -0.280. The second kappa shape index (κ2) is 11.3. The minimum Gasteiger partial charge on any atom is -0.357 e. The fraction of sp³-hybridized carbons (Fsp3) is 0.172. The Balaban J connectivity index is 0.00000167. The number of nitrogens with zero attached hydrogens (tertiary/aromatic N) is 3. The molecule has 4 aromatic rings. The zero-order chi connectivity index (χ0) is 25.5. The highest BCUT2D eigenvalue weighted by atomic mass is 19.1. The molecule has 0 aliphatic carbocycles. The molecule has 0 atom stereocenters. The summed E-state index contributed by atoms with van der Waals surface area (Å²) in [6, 6.07) is 8.60. The van der Waals surface area contributed by atoms with Gasteiger partial charge in [0, 0.05) is 35.3 Å². The van der Waals surface area contributed by atoms with Crippen LogP contribution in [-0.4, -0.2) is 25.0 Å². The van der Waals surface area contributed by atoms with Crippen molar-refractivity contribution in [1.29, 1.82) is 0 Å². The number of H-pyrrole nitrogens is 2. The number of rotatable bonds is 6. The second-order valence-corrected chi connectivity index (χ2v) is 7.81. The first kappa shape index (κ1) is 25.4. The Hall–Kier alpha value is -4.19. The average Bonchev–Trinajstić information content (AvgIpc) is 3.57.